The summed E-state index contributed by atoms with van der Waals surface area (Å²) in [5.41, 5.74) is 3.36. The van der Waals surface area contributed by atoms with Gasteiger partial charge in [-0.15, -0.1) is 0 Å². The molecule has 0 aliphatic heterocycles. The summed E-state index contributed by atoms with van der Waals surface area (Å²) in [6.45, 7) is 6.38. The van der Waals surface area contributed by atoms with Crippen molar-refractivity contribution in [3.05, 3.63) is 35.4 Å². The van der Waals surface area contributed by atoms with Crippen LogP contribution in [0, 0.1) is 6.92 Å². The maximum Gasteiger partial charge on any atom is 0.313 e. The number of benzene rings is 1. The molecule has 4 heteroatoms. The van der Waals surface area contributed by atoms with Crippen LogP contribution in [-0.4, -0.2) is 21.8 Å². The van der Waals surface area contributed by atoms with Crippen molar-refractivity contribution in [2.24, 2.45) is 0 Å². The normalized spacial score (nSPS) is 11.2. The van der Waals surface area contributed by atoms with E-state index in [0.717, 1.165) is 21.5 Å². The second-order valence-corrected chi connectivity index (χ2v) is 5.89. The number of carbonyl (C=O) groups is 1. The van der Waals surface area contributed by atoms with Crippen molar-refractivity contribution in [3.63, 3.8) is 0 Å². The van der Waals surface area contributed by atoms with Crippen LogP contribution in [0.5, 0.6) is 0 Å². The highest BCUT2D eigenvalue weighted by Crippen LogP contribution is 2.26. The number of hydrogen-bond acceptors (Lipinski definition) is 3. The summed E-state index contributed by atoms with van der Waals surface area (Å²) in [7, 11) is 0. The second-order valence-electron chi connectivity index (χ2n) is 4.89. The molecule has 19 heavy (non-hydrogen) atoms. The van der Waals surface area contributed by atoms with E-state index in [1.807, 2.05) is 19.1 Å². The second kappa shape index (κ2) is 5.61. The first kappa shape index (κ1) is 13.9. The van der Waals surface area contributed by atoms with Gasteiger partial charge >= 0.3 is 5.97 Å². The Morgan fingerprint density at radius 1 is 1.37 bits per heavy atom. The molecule has 1 heterocycles. The molecular formula is C15H17NO2S. The molecule has 0 saturated carbocycles. The van der Waals surface area contributed by atoms with Gasteiger partial charge in [0.05, 0.1) is 16.3 Å². The van der Waals surface area contributed by atoms with E-state index in [1.54, 1.807) is 0 Å². The zero-order valence-electron chi connectivity index (χ0n) is 11.3. The monoisotopic (exact) mass is 275 g/mol. The fraction of sp³-hybridized carbons (Fsp3) is 0.333. The predicted molar refractivity (Wildman–Crippen MR) is 78.9 cm³/mol. The average molecular weight is 275 g/mol. The van der Waals surface area contributed by atoms with E-state index in [2.05, 4.69) is 31.0 Å². The zero-order valence-corrected chi connectivity index (χ0v) is 12.1. The minimum atomic E-state index is -0.820. The van der Waals surface area contributed by atoms with Crippen molar-refractivity contribution in [1.29, 1.82) is 0 Å². The molecule has 100 valence electrons. The third-order valence-electron chi connectivity index (χ3n) is 3.03. The van der Waals surface area contributed by atoms with Crippen molar-refractivity contribution in [3.8, 4) is 0 Å². The molecule has 0 spiro atoms. The molecule has 0 saturated heterocycles. The number of pyridine rings is 1. The van der Waals surface area contributed by atoms with Gasteiger partial charge in [-0.25, -0.2) is 4.98 Å². The average Bonchev–Trinajstić information content (AvgIpc) is 2.36. The number of thioether (sulfide) groups is 1. The van der Waals surface area contributed by atoms with Gasteiger partial charge in [0, 0.05) is 5.39 Å². The molecule has 1 N–H and O–H groups in total. The van der Waals surface area contributed by atoms with Gasteiger partial charge in [-0.05, 0) is 42.2 Å². The molecule has 1 aromatic heterocycles. The van der Waals surface area contributed by atoms with Crippen molar-refractivity contribution >= 4 is 28.6 Å². The Hall–Kier alpha value is -1.55. The third kappa shape index (κ3) is 3.26. The van der Waals surface area contributed by atoms with Crippen LogP contribution in [0.1, 0.15) is 30.9 Å². The number of hydrogen-bond donors (Lipinski definition) is 1. The van der Waals surface area contributed by atoms with Crippen LogP contribution in [-0.2, 0) is 4.79 Å². The molecule has 0 amide bonds. The number of aromatic nitrogens is 1. The maximum atomic E-state index is 10.6. The van der Waals surface area contributed by atoms with Crippen LogP contribution < -0.4 is 0 Å². The van der Waals surface area contributed by atoms with Gasteiger partial charge in [0.15, 0.2) is 0 Å². The molecule has 2 rings (SSSR count). The third-order valence-corrected chi connectivity index (χ3v) is 3.92. The van der Waals surface area contributed by atoms with Gasteiger partial charge in [0.25, 0.3) is 0 Å². The topological polar surface area (TPSA) is 50.2 Å². The van der Waals surface area contributed by atoms with Crippen LogP contribution in [0.2, 0.25) is 0 Å². The van der Waals surface area contributed by atoms with Crippen LogP contribution in [0.4, 0.5) is 0 Å². The van der Waals surface area contributed by atoms with E-state index >= 15 is 0 Å². The summed E-state index contributed by atoms with van der Waals surface area (Å²) in [6, 6.07) is 8.24. The highest BCUT2D eigenvalue weighted by atomic mass is 32.2. The fourth-order valence-electron chi connectivity index (χ4n) is 1.95. The predicted octanol–water partition coefficient (Wildman–Crippen LogP) is 3.84. The van der Waals surface area contributed by atoms with E-state index < -0.39 is 5.97 Å². The van der Waals surface area contributed by atoms with Gasteiger partial charge in [0.1, 0.15) is 0 Å². The number of aryl methyl sites for hydroxylation is 1. The lowest BCUT2D eigenvalue weighted by molar-refractivity contribution is -0.133. The molecule has 0 aliphatic rings. The van der Waals surface area contributed by atoms with Gasteiger partial charge in [-0.1, -0.05) is 31.7 Å². The van der Waals surface area contributed by atoms with Crippen LogP contribution in [0.3, 0.4) is 0 Å². The first-order valence-electron chi connectivity index (χ1n) is 6.23. The van der Waals surface area contributed by atoms with Crippen LogP contribution >= 0.6 is 11.8 Å². The van der Waals surface area contributed by atoms with E-state index in [0.29, 0.717) is 5.92 Å². The summed E-state index contributed by atoms with van der Waals surface area (Å²) in [5, 5.41) is 10.6. The van der Waals surface area contributed by atoms with Crippen molar-refractivity contribution in [1.82, 2.24) is 4.98 Å². The maximum absolute atomic E-state index is 10.6. The Balaban J connectivity index is 2.41. The lowest BCUT2D eigenvalue weighted by Gasteiger charge is -2.09. The van der Waals surface area contributed by atoms with Gasteiger partial charge < -0.3 is 5.11 Å². The number of nitrogens with zero attached hydrogens (tertiary/aromatic N) is 1. The summed E-state index contributed by atoms with van der Waals surface area (Å²) in [6.07, 6.45) is 0. The SMILES string of the molecule is Cc1cc(SCC(=O)O)nc2ccc(C(C)C)cc12. The summed E-state index contributed by atoms with van der Waals surface area (Å²) in [5.74, 6) is -0.285. The van der Waals surface area contributed by atoms with Crippen molar-refractivity contribution < 1.29 is 9.90 Å². The largest absolute Gasteiger partial charge is 0.481 e. The molecule has 3 nitrogen and oxygen atoms in total. The first-order valence-corrected chi connectivity index (χ1v) is 7.22. The Kier molecular flexibility index (Phi) is 4.10. The Morgan fingerprint density at radius 3 is 2.74 bits per heavy atom. The van der Waals surface area contributed by atoms with Gasteiger partial charge in [-0.3, -0.25) is 4.79 Å². The quantitative estimate of drug-likeness (QED) is 0.861. The van der Waals surface area contributed by atoms with E-state index in [9.17, 15) is 4.79 Å². The van der Waals surface area contributed by atoms with Crippen molar-refractivity contribution in [2.75, 3.05) is 5.75 Å². The van der Waals surface area contributed by atoms with E-state index in [1.165, 1.54) is 17.3 Å². The molecule has 0 aliphatic carbocycles. The first-order chi connectivity index (χ1) is 8.97. The lowest BCUT2D eigenvalue weighted by Crippen LogP contribution is -1.98. The lowest BCUT2D eigenvalue weighted by atomic mass is 9.99. The number of carboxylic acids is 1. The molecule has 0 fully saturated rings. The highest BCUT2D eigenvalue weighted by molar-refractivity contribution is 7.99. The zero-order chi connectivity index (χ0) is 14.0. The molecule has 0 unspecified atom stereocenters. The van der Waals surface area contributed by atoms with Gasteiger partial charge in [0.2, 0.25) is 0 Å². The summed E-state index contributed by atoms with van der Waals surface area (Å²) < 4.78 is 0. The Bertz CT molecular complexity index is 623. The molecule has 0 atom stereocenters. The minimum absolute atomic E-state index is 0.0437. The number of rotatable bonds is 4. The number of fused-ring (bicyclic) bond motifs is 1. The molecule has 1 aromatic carbocycles. The smallest absolute Gasteiger partial charge is 0.313 e. The molecule has 2 aromatic rings. The molecule has 0 bridgehead atoms. The van der Waals surface area contributed by atoms with Crippen LogP contribution in [0.15, 0.2) is 29.3 Å². The van der Waals surface area contributed by atoms with Gasteiger partial charge in [-0.2, -0.15) is 0 Å². The standard InChI is InChI=1S/C15H17NO2S/c1-9(2)11-4-5-13-12(7-11)10(3)6-14(16-13)19-8-15(17)18/h4-7,9H,8H2,1-3H3,(H,17,18). The van der Waals surface area contributed by atoms with Crippen molar-refractivity contribution in [2.45, 2.75) is 31.7 Å². The van der Waals surface area contributed by atoms with E-state index in [-0.39, 0.29) is 5.75 Å². The Morgan fingerprint density at radius 2 is 2.11 bits per heavy atom. The number of carboxylic acid groups (broad SMARTS) is 1. The fourth-order valence-corrected chi connectivity index (χ4v) is 2.64. The highest BCUT2D eigenvalue weighted by Gasteiger charge is 2.07. The minimum Gasteiger partial charge on any atom is -0.481 e. The van der Waals surface area contributed by atoms with Crippen LogP contribution in [0.25, 0.3) is 10.9 Å². The van der Waals surface area contributed by atoms with E-state index in [4.69, 9.17) is 5.11 Å². The number of aliphatic carboxylic acids is 1. The molecule has 0 radical (unpaired) electrons. The summed E-state index contributed by atoms with van der Waals surface area (Å²) >= 11 is 1.26. The molecular weight excluding hydrogens is 258 g/mol. The Labute approximate surface area is 117 Å². The summed E-state index contributed by atoms with van der Waals surface area (Å²) in [4.78, 5) is 15.1.